The highest BCUT2D eigenvalue weighted by atomic mass is 32.2. The summed E-state index contributed by atoms with van der Waals surface area (Å²) in [5, 5.41) is 3.16. The number of nitrogens with zero attached hydrogens (tertiary/aromatic N) is 4. The van der Waals surface area contributed by atoms with Gasteiger partial charge in [0.15, 0.2) is 0 Å². The van der Waals surface area contributed by atoms with Gasteiger partial charge in [-0.25, -0.2) is 9.29 Å². The van der Waals surface area contributed by atoms with Gasteiger partial charge in [-0.1, -0.05) is 111 Å². The van der Waals surface area contributed by atoms with Gasteiger partial charge in [0, 0.05) is 68.8 Å². The summed E-state index contributed by atoms with van der Waals surface area (Å²) in [5.41, 5.74) is 4.79. The van der Waals surface area contributed by atoms with Gasteiger partial charge in [-0.2, -0.15) is 13.2 Å². The Morgan fingerprint density at radius 3 is 1.81 bits per heavy atom. The molecule has 1 aromatic heterocycles. The highest BCUT2D eigenvalue weighted by Gasteiger charge is 2.36. The van der Waals surface area contributed by atoms with Crippen LogP contribution in [0, 0.1) is 0 Å². The molecule has 53 heavy (non-hydrogen) atoms. The minimum atomic E-state index is -4.32. The molecule has 1 N–H and O–H groups in total. The number of halogens is 3. The van der Waals surface area contributed by atoms with Gasteiger partial charge >= 0.3 is 6.18 Å². The quantitative estimate of drug-likeness (QED) is 0.206. The van der Waals surface area contributed by atoms with E-state index in [0.29, 0.717) is 24.3 Å². The van der Waals surface area contributed by atoms with Crippen LogP contribution in [0.4, 0.5) is 18.9 Å². The van der Waals surface area contributed by atoms with Crippen molar-refractivity contribution in [3.8, 4) is 0 Å². The van der Waals surface area contributed by atoms with Crippen molar-refractivity contribution in [2.24, 2.45) is 0 Å². The van der Waals surface area contributed by atoms with E-state index in [2.05, 4.69) is 109 Å². The molecule has 5 nitrogen and oxygen atoms in total. The van der Waals surface area contributed by atoms with E-state index in [4.69, 9.17) is 0 Å². The van der Waals surface area contributed by atoms with Crippen LogP contribution in [-0.4, -0.2) is 53.1 Å². The zero-order valence-corrected chi connectivity index (χ0v) is 34.3. The van der Waals surface area contributed by atoms with E-state index >= 15 is 0 Å². The molecule has 0 saturated carbocycles. The molecule has 6 rings (SSSR count). The lowest BCUT2D eigenvalue weighted by molar-refractivity contribution is -0.137. The lowest BCUT2D eigenvalue weighted by Crippen LogP contribution is -2.44. The Morgan fingerprint density at radius 1 is 0.679 bits per heavy atom. The minimum absolute atomic E-state index is 0.230. The van der Waals surface area contributed by atoms with Crippen LogP contribution >= 0.6 is 11.9 Å². The van der Waals surface area contributed by atoms with Gasteiger partial charge < -0.3 is 14.8 Å². The summed E-state index contributed by atoms with van der Waals surface area (Å²) in [6, 6.07) is 22.6. The number of rotatable bonds is 5. The van der Waals surface area contributed by atoms with E-state index in [1.54, 1.807) is 6.07 Å². The summed E-state index contributed by atoms with van der Waals surface area (Å²) in [6.07, 6.45) is 5.43. The molecule has 3 heterocycles. The maximum atomic E-state index is 13.3. The average molecular weight is 750 g/mol. The van der Waals surface area contributed by atoms with E-state index in [1.165, 1.54) is 60.0 Å². The van der Waals surface area contributed by atoms with Gasteiger partial charge in [-0.15, -0.1) is 0 Å². The number of alkyl halides is 3. The molecule has 0 atom stereocenters. The maximum absolute atomic E-state index is 13.3. The van der Waals surface area contributed by atoms with Gasteiger partial charge in [-0.3, -0.25) is 0 Å². The van der Waals surface area contributed by atoms with Crippen LogP contribution in [-0.2, 0) is 29.0 Å². The van der Waals surface area contributed by atoms with Crippen molar-refractivity contribution in [2.75, 3.05) is 44.2 Å². The highest BCUT2D eigenvalue weighted by Crippen LogP contribution is 2.39. The normalized spacial score (nSPS) is 16.0. The van der Waals surface area contributed by atoms with Gasteiger partial charge in [0.25, 0.3) is 0 Å². The van der Waals surface area contributed by atoms with Gasteiger partial charge in [0.05, 0.1) is 11.9 Å². The van der Waals surface area contributed by atoms with E-state index in [1.807, 2.05) is 62.4 Å². The van der Waals surface area contributed by atoms with Gasteiger partial charge in [0.1, 0.15) is 0 Å². The van der Waals surface area contributed by atoms with Crippen molar-refractivity contribution in [1.29, 1.82) is 0 Å². The van der Waals surface area contributed by atoms with Crippen molar-refractivity contribution < 1.29 is 13.2 Å². The summed E-state index contributed by atoms with van der Waals surface area (Å²) in [6.45, 7) is 25.3. The number of anilines is 1. The van der Waals surface area contributed by atoms with Crippen LogP contribution in [0.2, 0.25) is 0 Å². The van der Waals surface area contributed by atoms with Crippen LogP contribution in [0.3, 0.4) is 0 Å². The number of hydrogen-bond acceptors (Lipinski definition) is 5. The van der Waals surface area contributed by atoms with Crippen LogP contribution < -0.4 is 10.2 Å². The van der Waals surface area contributed by atoms with E-state index in [0.717, 1.165) is 19.6 Å². The van der Waals surface area contributed by atoms with Crippen LogP contribution in [0.5, 0.6) is 0 Å². The molecule has 0 radical (unpaired) electrons. The monoisotopic (exact) mass is 749 g/mol. The number of nitrogens with one attached hydrogen (secondary N) is 1. The lowest BCUT2D eigenvalue weighted by atomic mass is 9.85. The zero-order chi connectivity index (χ0) is 38.9. The Morgan fingerprint density at radius 2 is 1.26 bits per heavy atom. The van der Waals surface area contributed by atoms with E-state index in [9.17, 15) is 13.2 Å². The first-order chi connectivity index (χ1) is 24.8. The predicted molar refractivity (Wildman–Crippen MR) is 218 cm³/mol. The molecule has 0 unspecified atom stereocenters. The second kappa shape index (κ2) is 18.4. The fourth-order valence-electron chi connectivity index (χ4n) is 6.24. The Labute approximate surface area is 321 Å². The average Bonchev–Trinajstić information content (AvgIpc) is 3.61. The predicted octanol–water partition coefficient (Wildman–Crippen LogP) is 11.1. The Kier molecular flexibility index (Phi) is 14.7. The van der Waals surface area contributed by atoms with Crippen molar-refractivity contribution in [3.05, 3.63) is 113 Å². The SMILES string of the molecule is CC(C)(C)c1ccc(Cn2ccnc2)cc1.CC(C)(C)c1ccc(N2CCNCC2)c(C(F)(F)F)c1.CC(C)(C)c1cccc(SN2CCCCC2)c1. The summed E-state index contributed by atoms with van der Waals surface area (Å²) < 4.78 is 44.6. The molecule has 0 amide bonds. The van der Waals surface area contributed by atoms with Crippen molar-refractivity contribution in [1.82, 2.24) is 19.2 Å². The molecule has 290 valence electrons. The van der Waals surface area contributed by atoms with Crippen LogP contribution in [0.25, 0.3) is 0 Å². The van der Waals surface area contributed by atoms with Crippen LogP contribution in [0.1, 0.15) is 109 Å². The summed E-state index contributed by atoms with van der Waals surface area (Å²) in [4.78, 5) is 7.24. The van der Waals surface area contributed by atoms with E-state index in [-0.39, 0.29) is 16.2 Å². The Hall–Kier alpha value is -3.27. The van der Waals surface area contributed by atoms with Gasteiger partial charge in [-0.05, 0) is 87.6 Å². The Balaban J connectivity index is 0.000000179. The molecule has 0 aliphatic carbocycles. The molecule has 3 aromatic carbocycles. The number of aromatic nitrogens is 2. The zero-order valence-electron chi connectivity index (χ0n) is 33.5. The fraction of sp³-hybridized carbons (Fsp3) is 0.523. The largest absolute Gasteiger partial charge is 0.418 e. The lowest BCUT2D eigenvalue weighted by Gasteiger charge is -2.32. The first-order valence-corrected chi connectivity index (χ1v) is 19.8. The van der Waals surface area contributed by atoms with Gasteiger partial charge in [0.2, 0.25) is 0 Å². The molecule has 2 aliphatic rings. The molecule has 2 aliphatic heterocycles. The molecule has 0 bridgehead atoms. The molecular formula is C44H62F3N5S. The molecule has 4 aromatic rings. The summed E-state index contributed by atoms with van der Waals surface area (Å²) in [7, 11) is 0. The first-order valence-electron chi connectivity index (χ1n) is 19.1. The number of piperidine rings is 1. The Bertz CT molecular complexity index is 1670. The summed E-state index contributed by atoms with van der Waals surface area (Å²) >= 11 is 1.93. The van der Waals surface area contributed by atoms with Crippen molar-refractivity contribution in [3.63, 3.8) is 0 Å². The van der Waals surface area contributed by atoms with Crippen molar-refractivity contribution >= 4 is 17.6 Å². The van der Waals surface area contributed by atoms with Crippen molar-refractivity contribution in [2.45, 2.75) is 115 Å². The first kappa shape index (κ1) is 42.5. The molecule has 9 heteroatoms. The highest BCUT2D eigenvalue weighted by molar-refractivity contribution is 7.97. The summed E-state index contributed by atoms with van der Waals surface area (Å²) in [5.74, 6) is 0. The second-order valence-electron chi connectivity index (χ2n) is 17.3. The maximum Gasteiger partial charge on any atom is 0.418 e. The number of piperazine rings is 1. The minimum Gasteiger partial charge on any atom is -0.368 e. The smallest absolute Gasteiger partial charge is 0.368 e. The molecule has 2 fully saturated rings. The molecule has 2 saturated heterocycles. The third kappa shape index (κ3) is 13.5. The topological polar surface area (TPSA) is 36.3 Å². The number of imidazole rings is 1. The molecule has 0 spiro atoms. The standard InChI is InChI=1S/C15H21F3N2.C15H23NS.C14H18N2/c1-14(2,3)11-4-5-13(12(10-11)15(16,17)18)20-8-6-19-7-9-20;1-15(2,3)13-8-7-9-14(12-13)17-16-10-5-4-6-11-16;1-14(2,3)13-6-4-12(5-7-13)10-16-9-8-15-11-16/h4-5,10,19H,6-9H2,1-3H3;7-9,12H,4-6,10-11H2,1-3H3;4-9,11H,10H2,1-3H3. The van der Waals surface area contributed by atoms with E-state index < -0.39 is 11.7 Å². The fourth-order valence-corrected chi connectivity index (χ4v) is 7.29. The third-order valence-electron chi connectivity index (χ3n) is 9.62. The number of benzene rings is 3. The second-order valence-corrected chi connectivity index (χ2v) is 18.4. The molecular weight excluding hydrogens is 688 g/mol. The van der Waals surface area contributed by atoms with Crippen LogP contribution in [0.15, 0.2) is 90.3 Å². The third-order valence-corrected chi connectivity index (χ3v) is 10.7. The number of hydrogen-bond donors (Lipinski definition) is 1.